The number of hydrogen-bond donors (Lipinski definition) is 4. The number of aryl methyl sites for hydroxylation is 1. The third-order valence-corrected chi connectivity index (χ3v) is 9.94. The minimum absolute atomic E-state index is 0.0367. The second kappa shape index (κ2) is 9.68. The number of phenols is 1. The van der Waals surface area contributed by atoms with E-state index in [1.165, 1.54) is 6.07 Å². The Morgan fingerprint density at radius 2 is 1.72 bits per heavy atom. The molecular formula is C35H42O8. The van der Waals surface area contributed by atoms with Gasteiger partial charge in [-0.25, -0.2) is 0 Å². The van der Waals surface area contributed by atoms with Crippen molar-refractivity contribution in [1.82, 2.24) is 0 Å². The summed E-state index contributed by atoms with van der Waals surface area (Å²) in [7, 11) is 0. The van der Waals surface area contributed by atoms with Gasteiger partial charge in [0.2, 0.25) is 5.78 Å². The molecule has 0 spiro atoms. The van der Waals surface area contributed by atoms with Gasteiger partial charge in [0.15, 0.2) is 17.2 Å². The van der Waals surface area contributed by atoms with Gasteiger partial charge in [-0.1, -0.05) is 48.5 Å². The molecule has 0 amide bonds. The molecule has 8 nitrogen and oxygen atoms in total. The first-order valence-electron chi connectivity index (χ1n) is 14.9. The molecule has 1 aromatic carbocycles. The number of Topliss-reactive ketones (excluding diaryl/α,β-unsaturated/α-hetero) is 3. The van der Waals surface area contributed by atoms with Gasteiger partial charge in [0.05, 0.1) is 5.56 Å². The van der Waals surface area contributed by atoms with Crippen molar-refractivity contribution in [3.05, 3.63) is 58.1 Å². The van der Waals surface area contributed by atoms with Crippen molar-refractivity contribution in [1.29, 1.82) is 0 Å². The van der Waals surface area contributed by atoms with E-state index in [2.05, 4.69) is 20.8 Å². The van der Waals surface area contributed by atoms with E-state index >= 15 is 0 Å². The van der Waals surface area contributed by atoms with Crippen molar-refractivity contribution in [2.75, 3.05) is 0 Å². The van der Waals surface area contributed by atoms with E-state index in [0.717, 1.165) is 25.5 Å². The maximum atomic E-state index is 14.4. The lowest BCUT2D eigenvalue weighted by molar-refractivity contribution is -0.178. The molecule has 4 N–H and O–H groups in total. The topological polar surface area (TPSA) is 145 Å². The van der Waals surface area contributed by atoms with Crippen molar-refractivity contribution in [2.45, 2.75) is 86.7 Å². The van der Waals surface area contributed by atoms with Crippen LogP contribution < -0.4 is 0 Å². The summed E-state index contributed by atoms with van der Waals surface area (Å²) in [6, 6.07) is 6.92. The first-order chi connectivity index (χ1) is 19.8. The van der Waals surface area contributed by atoms with Crippen LogP contribution in [0.4, 0.5) is 0 Å². The Morgan fingerprint density at radius 1 is 1.07 bits per heavy atom. The molecule has 0 aliphatic heterocycles. The predicted molar refractivity (Wildman–Crippen MR) is 161 cm³/mol. The number of fused-ring (bicyclic) bond motifs is 3. The van der Waals surface area contributed by atoms with Gasteiger partial charge in [-0.3, -0.25) is 14.4 Å². The summed E-state index contributed by atoms with van der Waals surface area (Å²) >= 11 is 0. The average molecular weight is 591 g/mol. The Labute approximate surface area is 252 Å². The molecule has 0 radical (unpaired) electrons. The predicted octanol–water partition coefficient (Wildman–Crippen LogP) is 6.43. The molecule has 4 atom stereocenters. The molecule has 3 aliphatic rings. The van der Waals surface area contributed by atoms with E-state index in [9.17, 15) is 34.8 Å². The van der Waals surface area contributed by atoms with E-state index in [1.54, 1.807) is 33.8 Å². The highest BCUT2D eigenvalue weighted by atomic mass is 16.4. The molecule has 1 aromatic heterocycles. The largest absolute Gasteiger partial charge is 0.508 e. The zero-order valence-electron chi connectivity index (χ0n) is 26.2. The Morgan fingerprint density at radius 3 is 2.30 bits per heavy atom. The van der Waals surface area contributed by atoms with Crippen molar-refractivity contribution in [2.24, 2.45) is 28.1 Å². The molecule has 5 rings (SSSR count). The summed E-state index contributed by atoms with van der Waals surface area (Å²) in [4.78, 5) is 40.7. The molecule has 0 bridgehead atoms. The quantitative estimate of drug-likeness (QED) is 0.292. The SMILES string of the molecule is CC(=O)C1=C(O)[C@]2(O)C(=O)C3=C(O)c4c(O)ccc(-c5ccc(CCC(C)(C)C)o5)c4C[C@]3(C)C[C@]2(C)C(C(C)C)C1=O. The number of rotatable bonds is 5. The van der Waals surface area contributed by atoms with E-state index in [4.69, 9.17) is 4.42 Å². The number of aromatic hydroxyl groups is 1. The smallest absolute Gasteiger partial charge is 0.203 e. The molecule has 2 aromatic rings. The Balaban J connectivity index is 1.72. The van der Waals surface area contributed by atoms with E-state index in [-0.39, 0.29) is 41.1 Å². The Bertz CT molecular complexity index is 1630. The molecule has 1 unspecified atom stereocenters. The van der Waals surface area contributed by atoms with E-state index in [0.29, 0.717) is 16.9 Å². The fourth-order valence-corrected chi connectivity index (χ4v) is 8.10. The number of ketones is 3. The lowest BCUT2D eigenvalue weighted by Crippen LogP contribution is -2.69. The normalized spacial score (nSPS) is 29.1. The summed E-state index contributed by atoms with van der Waals surface area (Å²) in [5, 5.41) is 46.2. The first-order valence-corrected chi connectivity index (χ1v) is 14.9. The van der Waals surface area contributed by atoms with Gasteiger partial charge in [0.1, 0.15) is 34.4 Å². The minimum atomic E-state index is -2.63. The number of benzene rings is 1. The van der Waals surface area contributed by atoms with Gasteiger partial charge in [0, 0.05) is 34.3 Å². The van der Waals surface area contributed by atoms with Crippen LogP contribution in [0, 0.1) is 28.1 Å². The number of aliphatic hydroxyl groups excluding tert-OH is 2. The maximum Gasteiger partial charge on any atom is 0.203 e. The number of carbonyl (C=O) groups is 3. The van der Waals surface area contributed by atoms with E-state index < -0.39 is 56.8 Å². The van der Waals surface area contributed by atoms with Gasteiger partial charge < -0.3 is 24.8 Å². The highest BCUT2D eigenvalue weighted by molar-refractivity contribution is 6.24. The number of furan rings is 1. The number of allylic oxidation sites excluding steroid dienone is 1. The molecule has 3 aliphatic carbocycles. The van der Waals surface area contributed by atoms with Gasteiger partial charge in [-0.2, -0.15) is 0 Å². The third-order valence-electron chi connectivity index (χ3n) is 9.94. The molecule has 8 heteroatoms. The number of aliphatic hydroxyl groups is 3. The van der Waals surface area contributed by atoms with E-state index in [1.807, 2.05) is 12.1 Å². The standard InChI is InChI=1S/C35H42O8/c1-17(2)26-28(38)24(18(3)36)30(40)35(42)31(41)27-29(39)25-21(15-33(27,7)16-34(26,35)8)20(10-11-22(25)37)23-12-9-19(43-23)13-14-32(4,5)6/h9-12,17,26,37,39-40,42H,13-16H2,1-8H3/t26?,33-,34-,35+/m1/s1. The molecule has 0 saturated heterocycles. The monoisotopic (exact) mass is 590 g/mol. The number of carbonyl (C=O) groups excluding carboxylic acids is 3. The number of hydrogen-bond acceptors (Lipinski definition) is 8. The van der Waals surface area contributed by atoms with Crippen molar-refractivity contribution >= 4 is 23.1 Å². The van der Waals surface area contributed by atoms with Crippen LogP contribution in [0.15, 0.2) is 45.6 Å². The Kier molecular flexibility index (Phi) is 6.93. The van der Waals surface area contributed by atoms with Crippen LogP contribution in [0.25, 0.3) is 17.1 Å². The fraction of sp³-hybridized carbons (Fsp3) is 0.514. The van der Waals surface area contributed by atoms with Gasteiger partial charge >= 0.3 is 0 Å². The molecule has 1 heterocycles. The summed E-state index contributed by atoms with van der Waals surface area (Å²) < 4.78 is 6.23. The molecule has 1 fully saturated rings. The highest BCUT2D eigenvalue weighted by Crippen LogP contribution is 2.65. The lowest BCUT2D eigenvalue weighted by Gasteiger charge is -2.59. The average Bonchev–Trinajstić information content (AvgIpc) is 3.33. The molecule has 43 heavy (non-hydrogen) atoms. The van der Waals surface area contributed by atoms with Crippen molar-refractivity contribution in [3.8, 4) is 17.1 Å². The maximum absolute atomic E-state index is 14.4. The van der Waals surface area contributed by atoms with Crippen LogP contribution in [0.1, 0.15) is 85.1 Å². The van der Waals surface area contributed by atoms with Crippen LogP contribution in [0.5, 0.6) is 5.75 Å². The van der Waals surface area contributed by atoms with Crippen LogP contribution >= 0.6 is 0 Å². The lowest BCUT2D eigenvalue weighted by atomic mass is 9.43. The van der Waals surface area contributed by atoms with Crippen molar-refractivity contribution in [3.63, 3.8) is 0 Å². The van der Waals surface area contributed by atoms with Gasteiger partial charge in [0.25, 0.3) is 0 Å². The van der Waals surface area contributed by atoms with Gasteiger partial charge in [-0.05, 0) is 67.3 Å². The highest BCUT2D eigenvalue weighted by Gasteiger charge is 2.72. The van der Waals surface area contributed by atoms with Crippen LogP contribution in [-0.2, 0) is 27.2 Å². The second-order valence-corrected chi connectivity index (χ2v) is 14.8. The van der Waals surface area contributed by atoms with Gasteiger partial charge in [-0.15, -0.1) is 0 Å². The zero-order chi connectivity index (χ0) is 32.0. The summed E-state index contributed by atoms with van der Waals surface area (Å²) in [6.07, 6.45) is 1.88. The minimum Gasteiger partial charge on any atom is -0.508 e. The zero-order valence-corrected chi connectivity index (χ0v) is 26.2. The first kappa shape index (κ1) is 30.8. The molecular weight excluding hydrogens is 548 g/mol. The molecule has 1 saturated carbocycles. The fourth-order valence-electron chi connectivity index (χ4n) is 8.10. The van der Waals surface area contributed by atoms with Crippen molar-refractivity contribution < 1.29 is 39.2 Å². The van der Waals surface area contributed by atoms with Crippen LogP contribution in [-0.4, -0.2) is 43.4 Å². The van der Waals surface area contributed by atoms with Crippen LogP contribution in [0.3, 0.4) is 0 Å². The summed E-state index contributed by atoms with van der Waals surface area (Å²) in [6.45, 7) is 14.6. The Hall–Kier alpha value is -3.65. The molecule has 230 valence electrons. The number of phenolic OH excluding ortho intramolecular Hbond substituents is 1. The second-order valence-electron chi connectivity index (χ2n) is 14.8. The summed E-state index contributed by atoms with van der Waals surface area (Å²) in [5.41, 5.74) is -4.55. The third kappa shape index (κ3) is 4.32. The van der Waals surface area contributed by atoms with Crippen LogP contribution in [0.2, 0.25) is 0 Å². The summed E-state index contributed by atoms with van der Waals surface area (Å²) in [5.74, 6) is -4.03.